The average molecular weight is 263 g/mol. The van der Waals surface area contributed by atoms with Gasteiger partial charge in [-0.1, -0.05) is 12.1 Å². The summed E-state index contributed by atoms with van der Waals surface area (Å²) >= 11 is 0. The van der Waals surface area contributed by atoms with Gasteiger partial charge in [0.25, 0.3) is 5.69 Å². The first-order valence-corrected chi connectivity index (χ1v) is 6.65. The number of benzene rings is 1. The molecule has 1 aliphatic heterocycles. The molecule has 1 aliphatic rings. The van der Waals surface area contributed by atoms with Crippen LogP contribution in [-0.4, -0.2) is 30.6 Å². The van der Waals surface area contributed by atoms with E-state index in [9.17, 15) is 10.1 Å². The molecule has 19 heavy (non-hydrogen) atoms. The van der Waals surface area contributed by atoms with Crippen LogP contribution in [-0.2, 0) is 0 Å². The summed E-state index contributed by atoms with van der Waals surface area (Å²) < 4.78 is 0. The molecule has 0 unspecified atom stereocenters. The first-order chi connectivity index (χ1) is 8.97. The van der Waals surface area contributed by atoms with E-state index in [-0.39, 0.29) is 16.1 Å². The molecule has 1 N–H and O–H groups in total. The Morgan fingerprint density at radius 2 is 2.00 bits per heavy atom. The highest BCUT2D eigenvalue weighted by molar-refractivity contribution is 5.66. The quantitative estimate of drug-likeness (QED) is 0.672. The second-order valence-electron chi connectivity index (χ2n) is 5.50. The molecule has 1 aromatic carbocycles. The van der Waals surface area contributed by atoms with Gasteiger partial charge in [0, 0.05) is 24.2 Å². The van der Waals surface area contributed by atoms with Crippen LogP contribution in [0.1, 0.15) is 25.3 Å². The Balaban J connectivity index is 2.25. The van der Waals surface area contributed by atoms with Gasteiger partial charge in [-0.3, -0.25) is 10.1 Å². The molecule has 1 fully saturated rings. The van der Waals surface area contributed by atoms with Crippen molar-refractivity contribution in [1.82, 2.24) is 5.32 Å². The van der Waals surface area contributed by atoms with Crippen molar-refractivity contribution < 1.29 is 4.92 Å². The number of nitrogens with one attached hydrogen (secondary N) is 1. The summed E-state index contributed by atoms with van der Waals surface area (Å²) in [7, 11) is 1.98. The van der Waals surface area contributed by atoms with Crippen molar-refractivity contribution in [2.24, 2.45) is 0 Å². The second-order valence-corrected chi connectivity index (χ2v) is 5.50. The van der Waals surface area contributed by atoms with Gasteiger partial charge in [0.1, 0.15) is 5.69 Å². The van der Waals surface area contributed by atoms with E-state index >= 15 is 0 Å². The van der Waals surface area contributed by atoms with E-state index in [0.717, 1.165) is 37.2 Å². The minimum atomic E-state index is -0.267. The van der Waals surface area contributed by atoms with Crippen LogP contribution in [0, 0.1) is 17.0 Å². The van der Waals surface area contributed by atoms with Gasteiger partial charge in [-0.2, -0.15) is 0 Å². The van der Waals surface area contributed by atoms with Crippen molar-refractivity contribution in [3.63, 3.8) is 0 Å². The summed E-state index contributed by atoms with van der Waals surface area (Å²) in [5.74, 6) is 0. The zero-order valence-corrected chi connectivity index (χ0v) is 11.8. The van der Waals surface area contributed by atoms with Crippen LogP contribution in [0.15, 0.2) is 18.2 Å². The number of rotatable bonds is 3. The van der Waals surface area contributed by atoms with Crippen molar-refractivity contribution >= 4 is 11.4 Å². The topological polar surface area (TPSA) is 58.4 Å². The number of piperidine rings is 1. The molecule has 0 aromatic heterocycles. The van der Waals surface area contributed by atoms with Crippen LogP contribution in [0.5, 0.6) is 0 Å². The van der Waals surface area contributed by atoms with E-state index in [1.54, 1.807) is 13.0 Å². The fourth-order valence-electron chi connectivity index (χ4n) is 2.63. The lowest BCUT2D eigenvalue weighted by Gasteiger charge is -2.40. The van der Waals surface area contributed by atoms with Crippen molar-refractivity contribution in [2.45, 2.75) is 32.2 Å². The van der Waals surface area contributed by atoms with Gasteiger partial charge in [0.2, 0.25) is 0 Å². The smallest absolute Gasteiger partial charge is 0.295 e. The summed E-state index contributed by atoms with van der Waals surface area (Å²) in [4.78, 5) is 13.1. The van der Waals surface area contributed by atoms with Crippen molar-refractivity contribution in [3.05, 3.63) is 33.9 Å². The molecule has 0 bridgehead atoms. The molecule has 1 saturated heterocycles. The lowest BCUT2D eigenvalue weighted by Crippen LogP contribution is -2.50. The largest absolute Gasteiger partial charge is 0.366 e. The molecular weight excluding hydrogens is 242 g/mol. The van der Waals surface area contributed by atoms with E-state index in [0.29, 0.717) is 0 Å². The summed E-state index contributed by atoms with van der Waals surface area (Å²) in [5, 5.41) is 14.6. The number of aryl methyl sites for hydroxylation is 1. The normalized spacial score (nSPS) is 18.4. The Hall–Kier alpha value is -1.62. The lowest BCUT2D eigenvalue weighted by molar-refractivity contribution is -0.384. The van der Waals surface area contributed by atoms with Gasteiger partial charge in [0.15, 0.2) is 0 Å². The Morgan fingerprint density at radius 3 is 2.53 bits per heavy atom. The first kappa shape index (κ1) is 13.8. The molecule has 0 atom stereocenters. The highest BCUT2D eigenvalue weighted by atomic mass is 16.6. The number of anilines is 1. The number of nitrogens with zero attached hydrogens (tertiary/aromatic N) is 2. The molecule has 0 spiro atoms. The number of hydrogen-bond acceptors (Lipinski definition) is 4. The van der Waals surface area contributed by atoms with Crippen LogP contribution < -0.4 is 10.2 Å². The second kappa shape index (κ2) is 5.17. The number of hydrogen-bond donors (Lipinski definition) is 1. The maximum Gasteiger partial charge on any atom is 0.295 e. The summed E-state index contributed by atoms with van der Waals surface area (Å²) in [5.41, 5.74) is 1.87. The maximum absolute atomic E-state index is 11.2. The summed E-state index contributed by atoms with van der Waals surface area (Å²) in [6.07, 6.45) is 1.99. The summed E-state index contributed by atoms with van der Waals surface area (Å²) in [6, 6.07) is 5.54. The van der Waals surface area contributed by atoms with Gasteiger partial charge in [0.05, 0.1) is 4.92 Å². The molecule has 0 radical (unpaired) electrons. The van der Waals surface area contributed by atoms with Crippen molar-refractivity contribution in [3.8, 4) is 0 Å². The Kier molecular flexibility index (Phi) is 3.75. The van der Waals surface area contributed by atoms with E-state index in [2.05, 4.69) is 17.1 Å². The van der Waals surface area contributed by atoms with Gasteiger partial charge >= 0.3 is 0 Å². The van der Waals surface area contributed by atoms with E-state index in [4.69, 9.17) is 0 Å². The third kappa shape index (κ3) is 2.71. The molecule has 1 heterocycles. The predicted octanol–water partition coefficient (Wildman–Crippen LogP) is 2.48. The molecular formula is C14H21N3O2. The Labute approximate surface area is 113 Å². The van der Waals surface area contributed by atoms with Gasteiger partial charge in [-0.05, 0) is 39.8 Å². The van der Waals surface area contributed by atoms with Crippen LogP contribution in [0.2, 0.25) is 0 Å². The fraction of sp³-hybridized carbons (Fsp3) is 0.571. The SMILES string of the molecule is CNC1(C)CCN(c2cccc(C)c2[N+](=O)[O-])CC1. The number of nitro benzene ring substituents is 1. The van der Waals surface area contributed by atoms with E-state index in [1.807, 2.05) is 19.2 Å². The third-order valence-corrected chi connectivity index (χ3v) is 4.21. The molecule has 0 saturated carbocycles. The maximum atomic E-state index is 11.2. The fourth-order valence-corrected chi connectivity index (χ4v) is 2.63. The van der Waals surface area contributed by atoms with Crippen LogP contribution in [0.4, 0.5) is 11.4 Å². The molecule has 104 valence electrons. The number of nitro groups is 1. The molecule has 5 nitrogen and oxygen atoms in total. The Morgan fingerprint density at radius 1 is 1.37 bits per heavy atom. The zero-order chi connectivity index (χ0) is 14.0. The van der Waals surface area contributed by atoms with Crippen LogP contribution in [0.3, 0.4) is 0 Å². The highest BCUT2D eigenvalue weighted by Gasteiger charge is 2.31. The van der Waals surface area contributed by atoms with E-state index in [1.165, 1.54) is 0 Å². The Bertz CT molecular complexity index is 480. The third-order valence-electron chi connectivity index (χ3n) is 4.21. The molecule has 5 heteroatoms. The van der Waals surface area contributed by atoms with Crippen LogP contribution in [0.25, 0.3) is 0 Å². The zero-order valence-electron chi connectivity index (χ0n) is 11.8. The highest BCUT2D eigenvalue weighted by Crippen LogP contribution is 2.34. The molecule has 0 amide bonds. The first-order valence-electron chi connectivity index (χ1n) is 6.65. The summed E-state index contributed by atoms with van der Waals surface area (Å²) in [6.45, 7) is 5.70. The molecule has 1 aromatic rings. The van der Waals surface area contributed by atoms with Crippen LogP contribution >= 0.6 is 0 Å². The standard InChI is InChI=1S/C14H21N3O2/c1-11-5-4-6-12(13(11)17(18)19)16-9-7-14(2,15-3)8-10-16/h4-6,15H,7-10H2,1-3H3. The van der Waals surface area contributed by atoms with E-state index < -0.39 is 0 Å². The van der Waals surface area contributed by atoms with Crippen molar-refractivity contribution in [2.75, 3.05) is 25.0 Å². The average Bonchev–Trinajstić information content (AvgIpc) is 2.39. The minimum absolute atomic E-state index is 0.148. The minimum Gasteiger partial charge on any atom is -0.366 e. The molecule has 2 rings (SSSR count). The predicted molar refractivity (Wildman–Crippen MR) is 76.7 cm³/mol. The lowest BCUT2D eigenvalue weighted by atomic mass is 9.89. The van der Waals surface area contributed by atoms with Gasteiger partial charge < -0.3 is 10.2 Å². The molecule has 0 aliphatic carbocycles. The van der Waals surface area contributed by atoms with Gasteiger partial charge in [-0.25, -0.2) is 0 Å². The monoisotopic (exact) mass is 263 g/mol. The number of para-hydroxylation sites is 1. The van der Waals surface area contributed by atoms with Gasteiger partial charge in [-0.15, -0.1) is 0 Å². The van der Waals surface area contributed by atoms with Crippen molar-refractivity contribution in [1.29, 1.82) is 0 Å².